The molecule has 0 amide bonds. The van der Waals surface area contributed by atoms with Gasteiger partial charge in [-0.3, -0.25) is 0 Å². The number of ether oxygens (including phenoxy) is 2. The standard InChI is InChI=1S/C15H11ClF2O3/c16-11-5-8(6-13-15(11)21-4-3-20-13)14(19)10-7-9(17)1-2-12(10)18/h1-2,5-7,14,19H,3-4H2. The van der Waals surface area contributed by atoms with Crippen LogP contribution in [0.15, 0.2) is 30.3 Å². The lowest BCUT2D eigenvalue weighted by Gasteiger charge is -2.21. The number of aliphatic hydroxyl groups is 1. The molecule has 1 aliphatic heterocycles. The zero-order valence-electron chi connectivity index (χ0n) is 10.8. The highest BCUT2D eigenvalue weighted by Gasteiger charge is 2.22. The first-order valence-corrected chi connectivity index (χ1v) is 6.66. The molecule has 0 fully saturated rings. The van der Waals surface area contributed by atoms with E-state index in [9.17, 15) is 13.9 Å². The van der Waals surface area contributed by atoms with E-state index in [1.165, 1.54) is 12.1 Å². The van der Waals surface area contributed by atoms with Crippen LogP contribution in [0.1, 0.15) is 17.2 Å². The van der Waals surface area contributed by atoms with Gasteiger partial charge in [-0.15, -0.1) is 0 Å². The van der Waals surface area contributed by atoms with Crippen LogP contribution in [0.4, 0.5) is 8.78 Å². The van der Waals surface area contributed by atoms with Crippen LogP contribution in [0.3, 0.4) is 0 Å². The molecular formula is C15H11ClF2O3. The van der Waals surface area contributed by atoms with Gasteiger partial charge >= 0.3 is 0 Å². The number of rotatable bonds is 2. The first kappa shape index (κ1) is 14.1. The summed E-state index contributed by atoms with van der Waals surface area (Å²) in [4.78, 5) is 0. The van der Waals surface area contributed by atoms with Crippen LogP contribution >= 0.6 is 11.6 Å². The molecule has 3 rings (SSSR count). The molecular weight excluding hydrogens is 302 g/mol. The highest BCUT2D eigenvalue weighted by atomic mass is 35.5. The maximum atomic E-state index is 13.7. The molecule has 0 saturated carbocycles. The van der Waals surface area contributed by atoms with Crippen LogP contribution in [-0.4, -0.2) is 18.3 Å². The van der Waals surface area contributed by atoms with Crippen LogP contribution in [0.2, 0.25) is 5.02 Å². The van der Waals surface area contributed by atoms with Crippen LogP contribution in [0.25, 0.3) is 0 Å². The summed E-state index contributed by atoms with van der Waals surface area (Å²) < 4.78 is 37.7. The third kappa shape index (κ3) is 2.66. The van der Waals surface area contributed by atoms with Crippen molar-refractivity contribution in [3.8, 4) is 11.5 Å². The molecule has 0 saturated heterocycles. The van der Waals surface area contributed by atoms with Gasteiger partial charge in [-0.1, -0.05) is 11.6 Å². The molecule has 6 heteroatoms. The number of hydrogen-bond donors (Lipinski definition) is 1. The Bertz CT molecular complexity index is 691. The van der Waals surface area contributed by atoms with Crippen molar-refractivity contribution in [2.24, 2.45) is 0 Å². The summed E-state index contributed by atoms with van der Waals surface area (Å²) in [6.07, 6.45) is -1.35. The fourth-order valence-electron chi connectivity index (χ4n) is 2.19. The fraction of sp³-hybridized carbons (Fsp3) is 0.200. The minimum atomic E-state index is -1.35. The van der Waals surface area contributed by atoms with E-state index in [0.29, 0.717) is 30.3 Å². The predicted molar refractivity (Wildman–Crippen MR) is 72.9 cm³/mol. The van der Waals surface area contributed by atoms with E-state index in [1.54, 1.807) is 0 Å². The molecule has 3 nitrogen and oxygen atoms in total. The van der Waals surface area contributed by atoms with Gasteiger partial charge in [0.1, 0.15) is 31.0 Å². The van der Waals surface area contributed by atoms with Gasteiger partial charge in [0.15, 0.2) is 11.5 Å². The summed E-state index contributed by atoms with van der Waals surface area (Å²) in [5.41, 5.74) is 0.136. The van der Waals surface area contributed by atoms with Crippen LogP contribution in [0.5, 0.6) is 11.5 Å². The maximum Gasteiger partial charge on any atom is 0.179 e. The number of hydrogen-bond acceptors (Lipinski definition) is 3. The van der Waals surface area contributed by atoms with Crippen LogP contribution in [-0.2, 0) is 0 Å². The van der Waals surface area contributed by atoms with E-state index in [2.05, 4.69) is 0 Å². The number of halogens is 3. The van der Waals surface area contributed by atoms with E-state index in [4.69, 9.17) is 21.1 Å². The summed E-state index contributed by atoms with van der Waals surface area (Å²) in [6, 6.07) is 5.86. The predicted octanol–water partition coefficient (Wildman–Crippen LogP) is 3.47. The summed E-state index contributed by atoms with van der Waals surface area (Å²) in [5, 5.41) is 10.5. The molecule has 0 spiro atoms. The Kier molecular flexibility index (Phi) is 3.69. The zero-order chi connectivity index (χ0) is 15.0. The molecule has 0 aliphatic carbocycles. The minimum Gasteiger partial charge on any atom is -0.486 e. The Balaban J connectivity index is 2.03. The van der Waals surface area contributed by atoms with Gasteiger partial charge in [-0.05, 0) is 35.9 Å². The summed E-state index contributed by atoms with van der Waals surface area (Å²) in [7, 11) is 0. The minimum absolute atomic E-state index is 0.164. The lowest BCUT2D eigenvalue weighted by atomic mass is 10.0. The second kappa shape index (κ2) is 5.50. The summed E-state index contributed by atoms with van der Waals surface area (Å²) in [5.74, 6) is -0.567. The van der Waals surface area contributed by atoms with Gasteiger partial charge in [0.2, 0.25) is 0 Å². The Morgan fingerprint density at radius 2 is 1.86 bits per heavy atom. The highest BCUT2D eigenvalue weighted by molar-refractivity contribution is 6.32. The van der Waals surface area contributed by atoms with Crippen molar-refractivity contribution < 1.29 is 23.4 Å². The van der Waals surface area contributed by atoms with Crippen molar-refractivity contribution in [3.63, 3.8) is 0 Å². The van der Waals surface area contributed by atoms with Crippen molar-refractivity contribution in [2.75, 3.05) is 13.2 Å². The summed E-state index contributed by atoms with van der Waals surface area (Å²) >= 11 is 6.07. The molecule has 0 radical (unpaired) electrons. The normalized spacial score (nSPS) is 14.9. The molecule has 1 atom stereocenters. The lowest BCUT2D eigenvalue weighted by Crippen LogP contribution is -2.16. The Morgan fingerprint density at radius 3 is 2.67 bits per heavy atom. The quantitative estimate of drug-likeness (QED) is 0.923. The van der Waals surface area contributed by atoms with Crippen molar-refractivity contribution in [1.82, 2.24) is 0 Å². The third-order valence-electron chi connectivity index (χ3n) is 3.19. The van der Waals surface area contributed by atoms with Gasteiger partial charge in [0.05, 0.1) is 5.02 Å². The SMILES string of the molecule is OC(c1cc(Cl)c2c(c1)OCCO2)c1cc(F)ccc1F. The van der Waals surface area contributed by atoms with Crippen molar-refractivity contribution >= 4 is 11.6 Å². The van der Waals surface area contributed by atoms with E-state index in [-0.39, 0.29) is 10.6 Å². The van der Waals surface area contributed by atoms with E-state index in [0.717, 1.165) is 18.2 Å². The third-order valence-corrected chi connectivity index (χ3v) is 3.47. The largest absolute Gasteiger partial charge is 0.486 e. The molecule has 2 aromatic rings. The van der Waals surface area contributed by atoms with Crippen LogP contribution < -0.4 is 9.47 Å². The molecule has 1 heterocycles. The Labute approximate surface area is 124 Å². The monoisotopic (exact) mass is 312 g/mol. The first-order valence-electron chi connectivity index (χ1n) is 6.28. The number of fused-ring (bicyclic) bond motifs is 1. The van der Waals surface area contributed by atoms with Gasteiger partial charge in [0.25, 0.3) is 0 Å². The maximum absolute atomic E-state index is 13.7. The Morgan fingerprint density at radius 1 is 1.10 bits per heavy atom. The first-order chi connectivity index (χ1) is 10.1. The average Bonchev–Trinajstić information content (AvgIpc) is 2.49. The number of aliphatic hydroxyl groups excluding tert-OH is 1. The van der Waals surface area contributed by atoms with Crippen molar-refractivity contribution in [3.05, 3.63) is 58.1 Å². The second-order valence-corrected chi connectivity index (χ2v) is 5.00. The molecule has 0 bridgehead atoms. The van der Waals surface area contributed by atoms with E-state index in [1.807, 2.05) is 0 Å². The fourth-order valence-corrected chi connectivity index (χ4v) is 2.47. The van der Waals surface area contributed by atoms with Gasteiger partial charge < -0.3 is 14.6 Å². The molecule has 21 heavy (non-hydrogen) atoms. The van der Waals surface area contributed by atoms with Crippen LogP contribution in [0, 0.1) is 11.6 Å². The lowest BCUT2D eigenvalue weighted by molar-refractivity contribution is 0.169. The smallest absolute Gasteiger partial charge is 0.179 e. The molecule has 2 aromatic carbocycles. The number of benzene rings is 2. The second-order valence-electron chi connectivity index (χ2n) is 4.60. The molecule has 1 aliphatic rings. The van der Waals surface area contributed by atoms with Crippen molar-refractivity contribution in [1.29, 1.82) is 0 Å². The molecule has 1 N–H and O–H groups in total. The summed E-state index contributed by atoms with van der Waals surface area (Å²) in [6.45, 7) is 0.740. The van der Waals surface area contributed by atoms with Crippen molar-refractivity contribution in [2.45, 2.75) is 6.10 Å². The average molecular weight is 313 g/mol. The zero-order valence-corrected chi connectivity index (χ0v) is 11.5. The topological polar surface area (TPSA) is 38.7 Å². The molecule has 110 valence electrons. The molecule has 1 unspecified atom stereocenters. The molecule has 0 aromatic heterocycles. The van der Waals surface area contributed by atoms with E-state index < -0.39 is 17.7 Å². The highest BCUT2D eigenvalue weighted by Crippen LogP contribution is 2.40. The van der Waals surface area contributed by atoms with Gasteiger partial charge in [-0.2, -0.15) is 0 Å². The van der Waals surface area contributed by atoms with Gasteiger partial charge in [0, 0.05) is 5.56 Å². The Hall–Kier alpha value is -1.85. The van der Waals surface area contributed by atoms with E-state index >= 15 is 0 Å². The van der Waals surface area contributed by atoms with Gasteiger partial charge in [-0.25, -0.2) is 8.78 Å².